The Balaban J connectivity index is 1.65. The van der Waals surface area contributed by atoms with Gasteiger partial charge in [0.2, 0.25) is 0 Å². The maximum atomic E-state index is 15.7. The van der Waals surface area contributed by atoms with Crippen LogP contribution in [0.2, 0.25) is 0 Å². The van der Waals surface area contributed by atoms with Gasteiger partial charge >= 0.3 is 18.2 Å². The predicted molar refractivity (Wildman–Crippen MR) is 159 cm³/mol. The average molecular weight is 617 g/mol. The van der Waals surface area contributed by atoms with E-state index in [0.29, 0.717) is 52.0 Å². The number of hydrogen-bond donors (Lipinski definition) is 0. The molecule has 232 valence electrons. The Morgan fingerprint density at radius 1 is 1.02 bits per heavy atom. The second-order valence-electron chi connectivity index (χ2n) is 13.4. The molecule has 3 heterocycles. The highest BCUT2D eigenvalue weighted by molar-refractivity contribution is 6.32. The molecule has 1 aromatic rings. The maximum absolute atomic E-state index is 15.7. The first-order valence-electron chi connectivity index (χ1n) is 14.3. The minimum absolute atomic E-state index is 0.0229. The highest BCUT2D eigenvalue weighted by Gasteiger charge is 2.65. The van der Waals surface area contributed by atoms with Gasteiger partial charge in [-0.1, -0.05) is 30.7 Å². The second kappa shape index (κ2) is 11.0. The number of amidine groups is 1. The summed E-state index contributed by atoms with van der Waals surface area (Å²) in [5.41, 5.74) is -2.04. The van der Waals surface area contributed by atoms with Crippen LogP contribution in [0.5, 0.6) is 5.75 Å². The molecule has 2 spiro atoms. The van der Waals surface area contributed by atoms with Crippen LogP contribution in [-0.4, -0.2) is 60.7 Å². The van der Waals surface area contributed by atoms with Crippen molar-refractivity contribution in [2.75, 3.05) is 26.4 Å². The fraction of sp³-hybridized carbons (Fsp3) is 0.531. The third-order valence-electron chi connectivity index (χ3n) is 7.65. The first kappa shape index (κ1) is 31.1. The van der Waals surface area contributed by atoms with E-state index < -0.39 is 34.3 Å². The van der Waals surface area contributed by atoms with Crippen molar-refractivity contribution < 1.29 is 37.7 Å². The quantitative estimate of drug-likeness (QED) is 0.328. The van der Waals surface area contributed by atoms with Crippen molar-refractivity contribution in [3.8, 4) is 5.75 Å². The van der Waals surface area contributed by atoms with Gasteiger partial charge in [-0.15, -0.1) is 4.90 Å². The highest BCUT2D eigenvalue weighted by Crippen LogP contribution is 2.56. The number of carbonyl (C=O) groups is 2. The Morgan fingerprint density at radius 2 is 1.67 bits per heavy atom. The van der Waals surface area contributed by atoms with Crippen LogP contribution >= 0.6 is 11.6 Å². The summed E-state index contributed by atoms with van der Waals surface area (Å²) in [7, 11) is 0. The summed E-state index contributed by atoms with van der Waals surface area (Å²) in [4.78, 5) is 32.4. The summed E-state index contributed by atoms with van der Waals surface area (Å²) in [6, 6.07) is 5.12. The van der Waals surface area contributed by atoms with Crippen molar-refractivity contribution in [3.05, 3.63) is 58.4 Å². The second-order valence-corrected chi connectivity index (χ2v) is 13.9. The molecule has 2 unspecified atom stereocenters. The third-order valence-corrected chi connectivity index (χ3v) is 7.89. The van der Waals surface area contributed by atoms with E-state index in [1.807, 2.05) is 19.1 Å². The van der Waals surface area contributed by atoms with Crippen LogP contribution in [0.25, 0.3) is 5.57 Å². The number of fused-ring (bicyclic) bond motifs is 3. The van der Waals surface area contributed by atoms with Crippen LogP contribution in [0.3, 0.4) is 0 Å². The van der Waals surface area contributed by atoms with E-state index in [2.05, 4.69) is 0 Å². The lowest BCUT2D eigenvalue weighted by Gasteiger charge is -2.53. The molecule has 3 aliphatic heterocycles. The largest absolute Gasteiger partial charge is 0.492 e. The summed E-state index contributed by atoms with van der Waals surface area (Å²) >= 11 is 6.39. The Hall–Kier alpha value is -3.37. The van der Waals surface area contributed by atoms with E-state index in [-0.39, 0.29) is 31.0 Å². The number of halogens is 2. The van der Waals surface area contributed by atoms with E-state index in [1.165, 1.54) is 0 Å². The molecule has 9 nitrogen and oxygen atoms in total. The summed E-state index contributed by atoms with van der Waals surface area (Å²) in [5.74, 6) is -0.107. The first-order valence-corrected chi connectivity index (χ1v) is 14.7. The average Bonchev–Trinajstić information content (AvgIpc) is 3.28. The Kier molecular flexibility index (Phi) is 7.92. The van der Waals surface area contributed by atoms with E-state index >= 15 is 4.39 Å². The molecule has 0 saturated carbocycles. The van der Waals surface area contributed by atoms with Crippen molar-refractivity contribution in [2.24, 2.45) is 16.3 Å². The molecule has 1 saturated heterocycles. The van der Waals surface area contributed by atoms with Gasteiger partial charge in [-0.2, -0.15) is 0 Å². The van der Waals surface area contributed by atoms with Gasteiger partial charge in [-0.05, 0) is 77.8 Å². The summed E-state index contributed by atoms with van der Waals surface area (Å²) in [6.45, 7) is 12.8. The van der Waals surface area contributed by atoms with Crippen molar-refractivity contribution >= 4 is 35.4 Å². The van der Waals surface area contributed by atoms with Gasteiger partial charge in [-0.25, -0.2) is 19.0 Å². The highest BCUT2D eigenvalue weighted by atomic mass is 35.5. The molecule has 0 aromatic heterocycles. The number of allylic oxidation sites excluding steroid dienone is 6. The number of carbonyl (C=O) groups excluding carboxylic acids is 2. The number of amides is 2. The molecule has 5 rings (SSSR count). The first-order chi connectivity index (χ1) is 20.0. The van der Waals surface area contributed by atoms with Crippen molar-refractivity contribution in [2.45, 2.75) is 71.6 Å². The third kappa shape index (κ3) is 5.91. The minimum Gasteiger partial charge on any atom is -0.492 e. The molecule has 1 fully saturated rings. The zero-order valence-corrected chi connectivity index (χ0v) is 26.3. The number of rotatable bonds is 1. The zero-order chi connectivity index (χ0) is 31.4. The SMILES string of the molecule is CC1CC=CC(Cl)=CC(c2ccc3c(c2)C2(COC(N(C(=O)OC(C)(C)C)C(=O)OC(C)(C)C)=N2)C2(COC2)CO3)=C1F. The molecule has 1 aromatic carbocycles. The van der Waals surface area contributed by atoms with Crippen molar-refractivity contribution in [3.63, 3.8) is 0 Å². The van der Waals surface area contributed by atoms with Crippen molar-refractivity contribution in [1.82, 2.24) is 4.90 Å². The van der Waals surface area contributed by atoms with Crippen LogP contribution in [0.15, 0.2) is 52.3 Å². The van der Waals surface area contributed by atoms with Crippen LogP contribution in [0.4, 0.5) is 14.0 Å². The Morgan fingerprint density at radius 3 is 2.26 bits per heavy atom. The summed E-state index contributed by atoms with van der Waals surface area (Å²) in [6.07, 6.45) is 3.75. The smallest absolute Gasteiger partial charge is 0.428 e. The fourth-order valence-corrected chi connectivity index (χ4v) is 5.63. The van der Waals surface area contributed by atoms with Crippen LogP contribution < -0.4 is 4.74 Å². The topological polar surface area (TPSA) is 95.9 Å². The number of nitrogens with zero attached hydrogens (tertiary/aromatic N) is 2. The fourth-order valence-electron chi connectivity index (χ4n) is 5.43. The molecular weight excluding hydrogens is 579 g/mol. The molecule has 11 heteroatoms. The van der Waals surface area contributed by atoms with Crippen molar-refractivity contribution in [1.29, 1.82) is 0 Å². The van der Waals surface area contributed by atoms with Gasteiger partial charge in [0, 0.05) is 22.1 Å². The van der Waals surface area contributed by atoms with Gasteiger partial charge in [0.15, 0.2) is 0 Å². The number of aliphatic imine (C=N–C) groups is 1. The van der Waals surface area contributed by atoms with E-state index in [4.69, 9.17) is 40.3 Å². The number of hydrogen-bond acceptors (Lipinski definition) is 8. The number of ether oxygens (including phenoxy) is 5. The lowest BCUT2D eigenvalue weighted by Crippen LogP contribution is -2.63. The van der Waals surface area contributed by atoms with Gasteiger partial charge in [0.1, 0.15) is 41.5 Å². The van der Waals surface area contributed by atoms with Crippen LogP contribution in [0.1, 0.15) is 66.0 Å². The molecule has 2 atom stereocenters. The zero-order valence-electron chi connectivity index (χ0n) is 25.6. The molecule has 0 N–H and O–H groups in total. The van der Waals surface area contributed by atoms with E-state index in [9.17, 15) is 9.59 Å². The Bertz CT molecular complexity index is 1420. The summed E-state index contributed by atoms with van der Waals surface area (Å²) in [5, 5.41) is 0.402. The van der Waals surface area contributed by atoms with Gasteiger partial charge < -0.3 is 23.7 Å². The predicted octanol–water partition coefficient (Wildman–Crippen LogP) is 7.25. The standard InChI is InChI=1S/C32H38ClFN2O7/c1-19-9-8-10-21(33)14-22(25(19)34)20-11-12-24-23(13-20)32(31(17-40-24)15-39-16-31)18-41-26(35-32)36(27(37)42-29(2,3)4)28(38)43-30(5,6)7/h8,10-14,19H,9,15-18H2,1-7H3. The van der Waals surface area contributed by atoms with Gasteiger partial charge in [-0.3, -0.25) is 0 Å². The number of benzene rings is 1. The molecule has 2 amide bonds. The maximum Gasteiger partial charge on any atom is 0.428 e. The monoisotopic (exact) mass is 616 g/mol. The molecular formula is C32H38ClFN2O7. The molecule has 43 heavy (non-hydrogen) atoms. The van der Waals surface area contributed by atoms with Gasteiger partial charge in [0.05, 0.1) is 18.6 Å². The normalized spacial score (nSPS) is 24.5. The number of imide groups is 1. The van der Waals surface area contributed by atoms with Gasteiger partial charge in [0.25, 0.3) is 0 Å². The van der Waals surface area contributed by atoms with Crippen LogP contribution in [0, 0.1) is 11.3 Å². The van der Waals surface area contributed by atoms with E-state index in [1.54, 1.807) is 65.8 Å². The molecule has 4 aliphatic rings. The molecule has 1 aliphatic carbocycles. The van der Waals surface area contributed by atoms with Crippen LogP contribution in [-0.2, 0) is 24.5 Å². The minimum atomic E-state index is -1.12. The lowest BCUT2D eigenvalue weighted by atomic mass is 9.63. The molecule has 0 radical (unpaired) electrons. The Labute approximate surface area is 256 Å². The molecule has 0 bridgehead atoms. The van der Waals surface area contributed by atoms with E-state index in [0.717, 1.165) is 0 Å². The lowest BCUT2D eigenvalue weighted by molar-refractivity contribution is -0.185. The summed E-state index contributed by atoms with van der Waals surface area (Å²) < 4.78 is 44.7.